The molecule has 0 atom stereocenters. The molecule has 0 amide bonds. The number of alkyl halides is 3. The van der Waals surface area contributed by atoms with Crippen LogP contribution in [0, 0.1) is 5.41 Å². The van der Waals surface area contributed by atoms with Gasteiger partial charge in [-0.1, -0.05) is 13.8 Å². The summed E-state index contributed by atoms with van der Waals surface area (Å²) in [4.78, 5) is 5.11. The predicted octanol–water partition coefficient (Wildman–Crippen LogP) is 1.98. The Kier molecular flexibility index (Phi) is 3.98. The minimum absolute atomic E-state index is 0.182. The molecule has 2 N–H and O–H groups in total. The second-order valence-electron chi connectivity index (χ2n) is 4.62. The maximum Gasteiger partial charge on any atom is 0.452 e. The predicted molar refractivity (Wildman–Crippen MR) is 61.0 cm³/mol. The summed E-state index contributed by atoms with van der Waals surface area (Å²) in [6.45, 7) is 4.85. The molecule has 17 heavy (non-hydrogen) atoms. The molecular weight excluding hydrogens is 253 g/mol. The molecule has 0 aromatic carbocycles. The van der Waals surface area contributed by atoms with E-state index < -0.39 is 12.0 Å². The highest BCUT2D eigenvalue weighted by atomic mass is 32.1. The second kappa shape index (κ2) is 4.77. The van der Waals surface area contributed by atoms with Gasteiger partial charge in [0.2, 0.25) is 11.0 Å². The molecule has 0 saturated carbocycles. The Labute approximate surface area is 102 Å². The molecular formula is C9H15F3N4S. The van der Waals surface area contributed by atoms with Gasteiger partial charge in [0.1, 0.15) is 0 Å². The molecule has 98 valence electrons. The Bertz CT molecular complexity index is 375. The molecule has 0 aliphatic rings. The molecule has 0 unspecified atom stereocenters. The summed E-state index contributed by atoms with van der Waals surface area (Å²) in [5.74, 6) is -1.09. The third-order valence-electron chi connectivity index (χ3n) is 2.21. The Hall–Kier alpha value is -0.890. The first-order valence-electron chi connectivity index (χ1n) is 4.98. The van der Waals surface area contributed by atoms with Crippen molar-refractivity contribution < 1.29 is 13.2 Å². The summed E-state index contributed by atoms with van der Waals surface area (Å²) in [7, 11) is 1.68. The Morgan fingerprint density at radius 2 is 1.94 bits per heavy atom. The summed E-state index contributed by atoms with van der Waals surface area (Å²) in [5, 5.41) is 0.249. The molecule has 0 radical (unpaired) electrons. The number of aromatic nitrogens is 2. The molecule has 1 rings (SSSR count). The van der Waals surface area contributed by atoms with E-state index in [1.807, 2.05) is 13.8 Å². The van der Waals surface area contributed by atoms with Crippen LogP contribution in [0.25, 0.3) is 0 Å². The van der Waals surface area contributed by atoms with E-state index in [4.69, 9.17) is 5.73 Å². The van der Waals surface area contributed by atoms with Gasteiger partial charge in [-0.15, -0.1) is 0 Å². The number of nitrogens with two attached hydrogens (primary N) is 1. The van der Waals surface area contributed by atoms with Crippen LogP contribution in [0.15, 0.2) is 0 Å². The fraction of sp³-hybridized carbons (Fsp3) is 0.778. The minimum atomic E-state index is -4.49. The van der Waals surface area contributed by atoms with Crippen LogP contribution in [0.4, 0.5) is 18.3 Å². The topological polar surface area (TPSA) is 55.0 Å². The van der Waals surface area contributed by atoms with Crippen molar-refractivity contribution >= 4 is 16.7 Å². The van der Waals surface area contributed by atoms with Crippen LogP contribution in [0.5, 0.6) is 0 Å². The standard InChI is InChI=1S/C9H15F3N4S/c1-8(2,4-13)5-16(3)7-14-6(15-17-7)9(10,11)12/h4-5,13H2,1-3H3. The van der Waals surface area contributed by atoms with Crippen molar-refractivity contribution in [2.45, 2.75) is 20.0 Å². The number of halogens is 3. The Balaban J connectivity index is 2.77. The second-order valence-corrected chi connectivity index (χ2v) is 5.35. The van der Waals surface area contributed by atoms with Gasteiger partial charge in [-0.25, -0.2) is 0 Å². The van der Waals surface area contributed by atoms with Crippen LogP contribution in [0.1, 0.15) is 19.7 Å². The van der Waals surface area contributed by atoms with Crippen LogP contribution in [0.2, 0.25) is 0 Å². The average Bonchev–Trinajstić information content (AvgIpc) is 2.65. The largest absolute Gasteiger partial charge is 0.452 e. The van der Waals surface area contributed by atoms with Crippen molar-refractivity contribution in [2.24, 2.45) is 11.1 Å². The Morgan fingerprint density at radius 1 is 1.35 bits per heavy atom. The van der Waals surface area contributed by atoms with Crippen LogP contribution in [-0.2, 0) is 6.18 Å². The fourth-order valence-electron chi connectivity index (χ4n) is 1.26. The van der Waals surface area contributed by atoms with Gasteiger partial charge in [0, 0.05) is 25.1 Å². The zero-order valence-corrected chi connectivity index (χ0v) is 10.7. The van der Waals surface area contributed by atoms with E-state index >= 15 is 0 Å². The first kappa shape index (κ1) is 14.2. The molecule has 4 nitrogen and oxygen atoms in total. The lowest BCUT2D eigenvalue weighted by Gasteiger charge is -2.28. The smallest absolute Gasteiger partial charge is 0.349 e. The van der Waals surface area contributed by atoms with E-state index in [1.165, 1.54) is 0 Å². The molecule has 1 heterocycles. The molecule has 0 bridgehead atoms. The van der Waals surface area contributed by atoms with Crippen molar-refractivity contribution in [3.05, 3.63) is 5.82 Å². The molecule has 0 aliphatic carbocycles. The van der Waals surface area contributed by atoms with Crippen LogP contribution < -0.4 is 10.6 Å². The summed E-state index contributed by atoms with van der Waals surface area (Å²) in [5.41, 5.74) is 5.39. The SMILES string of the molecule is CN(CC(C)(C)CN)c1nc(C(F)(F)F)ns1. The van der Waals surface area contributed by atoms with Gasteiger partial charge in [0.05, 0.1) is 0 Å². The number of hydrogen-bond acceptors (Lipinski definition) is 5. The lowest BCUT2D eigenvalue weighted by atomic mass is 9.93. The van der Waals surface area contributed by atoms with Crippen LogP contribution in [-0.4, -0.2) is 29.5 Å². The van der Waals surface area contributed by atoms with E-state index in [0.717, 1.165) is 11.5 Å². The number of rotatable bonds is 4. The molecule has 1 aromatic heterocycles. The molecule has 0 aliphatic heterocycles. The normalized spacial score (nSPS) is 12.9. The van der Waals surface area contributed by atoms with Crippen LogP contribution >= 0.6 is 11.5 Å². The van der Waals surface area contributed by atoms with Crippen molar-refractivity contribution in [3.63, 3.8) is 0 Å². The van der Waals surface area contributed by atoms with E-state index in [9.17, 15) is 13.2 Å². The number of anilines is 1. The third kappa shape index (κ3) is 3.81. The van der Waals surface area contributed by atoms with Crippen molar-refractivity contribution in [1.82, 2.24) is 9.36 Å². The van der Waals surface area contributed by atoms with Gasteiger partial charge in [0.15, 0.2) is 0 Å². The zero-order valence-electron chi connectivity index (χ0n) is 9.88. The van der Waals surface area contributed by atoms with E-state index in [0.29, 0.717) is 13.1 Å². The summed E-state index contributed by atoms with van der Waals surface area (Å²) in [6, 6.07) is 0. The molecule has 0 spiro atoms. The van der Waals surface area contributed by atoms with E-state index in [1.54, 1.807) is 11.9 Å². The summed E-state index contributed by atoms with van der Waals surface area (Å²) in [6.07, 6.45) is -4.49. The molecule has 0 saturated heterocycles. The Morgan fingerprint density at radius 3 is 2.35 bits per heavy atom. The van der Waals surface area contributed by atoms with E-state index in [-0.39, 0.29) is 10.5 Å². The molecule has 0 fully saturated rings. The van der Waals surface area contributed by atoms with Gasteiger partial charge >= 0.3 is 6.18 Å². The van der Waals surface area contributed by atoms with Gasteiger partial charge < -0.3 is 10.6 Å². The summed E-state index contributed by atoms with van der Waals surface area (Å²) >= 11 is 0.740. The van der Waals surface area contributed by atoms with Gasteiger partial charge in [-0.05, 0) is 12.0 Å². The molecule has 8 heteroatoms. The first-order valence-corrected chi connectivity index (χ1v) is 5.75. The quantitative estimate of drug-likeness (QED) is 0.907. The number of nitrogens with zero attached hydrogens (tertiary/aromatic N) is 3. The van der Waals surface area contributed by atoms with Gasteiger partial charge in [-0.3, -0.25) is 0 Å². The zero-order chi connectivity index (χ0) is 13.3. The monoisotopic (exact) mass is 268 g/mol. The maximum absolute atomic E-state index is 12.3. The number of hydrogen-bond donors (Lipinski definition) is 1. The third-order valence-corrected chi connectivity index (χ3v) is 3.04. The average molecular weight is 268 g/mol. The highest BCUT2D eigenvalue weighted by molar-refractivity contribution is 7.09. The minimum Gasteiger partial charge on any atom is -0.349 e. The fourth-order valence-corrected chi connectivity index (χ4v) is 1.90. The maximum atomic E-state index is 12.3. The van der Waals surface area contributed by atoms with Gasteiger partial charge in [0.25, 0.3) is 0 Å². The lowest BCUT2D eigenvalue weighted by Crippen LogP contribution is -2.36. The first-order chi connectivity index (χ1) is 7.65. The van der Waals surface area contributed by atoms with Gasteiger partial charge in [-0.2, -0.15) is 22.5 Å². The van der Waals surface area contributed by atoms with Crippen molar-refractivity contribution in [1.29, 1.82) is 0 Å². The molecule has 1 aromatic rings. The van der Waals surface area contributed by atoms with Crippen molar-refractivity contribution in [2.75, 3.05) is 25.0 Å². The highest BCUT2D eigenvalue weighted by Crippen LogP contribution is 2.30. The van der Waals surface area contributed by atoms with Crippen molar-refractivity contribution in [3.8, 4) is 0 Å². The van der Waals surface area contributed by atoms with Crippen LogP contribution in [0.3, 0.4) is 0 Å². The summed E-state index contributed by atoms with van der Waals surface area (Å²) < 4.78 is 40.2. The lowest BCUT2D eigenvalue weighted by molar-refractivity contribution is -0.144. The van der Waals surface area contributed by atoms with E-state index in [2.05, 4.69) is 9.36 Å². The highest BCUT2D eigenvalue weighted by Gasteiger charge is 2.36.